The van der Waals surface area contributed by atoms with Gasteiger partial charge in [0.1, 0.15) is 11.6 Å². The zero-order chi connectivity index (χ0) is 13.2. The van der Waals surface area contributed by atoms with Crippen LogP contribution in [0.2, 0.25) is 0 Å². The minimum atomic E-state index is -0.657. The van der Waals surface area contributed by atoms with Gasteiger partial charge in [0, 0.05) is 12.5 Å². The number of hydrogen-bond donors (Lipinski definition) is 0. The van der Waals surface area contributed by atoms with E-state index in [1.54, 1.807) is 32.8 Å². The van der Waals surface area contributed by atoms with Gasteiger partial charge in [-0.15, -0.1) is 0 Å². The Balaban J connectivity index is 2.88. The summed E-state index contributed by atoms with van der Waals surface area (Å²) < 4.78 is 25.9. The third kappa shape index (κ3) is 3.33. The molecule has 1 aromatic rings. The van der Waals surface area contributed by atoms with Gasteiger partial charge in [0.05, 0.1) is 5.54 Å². The number of rotatable bonds is 4. The van der Waals surface area contributed by atoms with Gasteiger partial charge in [-0.2, -0.15) is 0 Å². The topological polar surface area (TPSA) is 20.3 Å². The first kappa shape index (κ1) is 13.8. The van der Waals surface area contributed by atoms with Crippen LogP contribution in [0, 0.1) is 11.6 Å². The molecule has 0 atom stereocenters. The first-order valence-corrected chi connectivity index (χ1v) is 5.39. The quantitative estimate of drug-likeness (QED) is 0.807. The normalized spacial score (nSPS) is 11.9. The Morgan fingerprint density at radius 2 is 1.65 bits per heavy atom. The zero-order valence-corrected chi connectivity index (χ0v) is 10.6. The molecule has 94 valence electrons. The van der Waals surface area contributed by atoms with Crippen molar-refractivity contribution in [2.24, 2.45) is 0 Å². The van der Waals surface area contributed by atoms with Crippen molar-refractivity contribution in [3.05, 3.63) is 35.4 Å². The van der Waals surface area contributed by atoms with E-state index >= 15 is 0 Å². The fourth-order valence-electron chi connectivity index (χ4n) is 1.36. The summed E-state index contributed by atoms with van der Waals surface area (Å²) in [5.41, 5.74) is -0.287. The van der Waals surface area contributed by atoms with Crippen molar-refractivity contribution in [1.82, 2.24) is 4.90 Å². The number of Topliss-reactive ketones (excluding diaryl/α,β-unsaturated/α-hetero) is 1. The number of nitrogens with zero attached hydrogens (tertiary/aromatic N) is 1. The molecule has 0 saturated carbocycles. The summed E-state index contributed by atoms with van der Waals surface area (Å²) in [7, 11) is 3.59. The average Bonchev–Trinajstić information content (AvgIpc) is 2.15. The lowest BCUT2D eigenvalue weighted by Crippen LogP contribution is -2.46. The van der Waals surface area contributed by atoms with Gasteiger partial charge in [0.15, 0.2) is 5.78 Å². The second-order valence-electron chi connectivity index (χ2n) is 4.83. The van der Waals surface area contributed by atoms with Crippen molar-refractivity contribution < 1.29 is 13.6 Å². The number of likely N-dealkylation sites (N-methyl/N-ethyl adjacent to an activating group) is 1. The van der Waals surface area contributed by atoms with E-state index in [1.165, 1.54) is 12.1 Å². The maximum atomic E-state index is 13.0. The predicted octanol–water partition coefficient (Wildman–Crippen LogP) is 2.42. The van der Waals surface area contributed by atoms with Crippen molar-refractivity contribution in [3.8, 4) is 0 Å². The summed E-state index contributed by atoms with van der Waals surface area (Å²) in [6.07, 6.45) is 0.0276. The Bertz CT molecular complexity index is 407. The van der Waals surface area contributed by atoms with E-state index in [-0.39, 0.29) is 12.2 Å². The molecular formula is C13H17F2NO. The van der Waals surface area contributed by atoms with Crippen LogP contribution in [0.4, 0.5) is 8.78 Å². The molecule has 0 fully saturated rings. The molecule has 0 aliphatic heterocycles. The molecule has 4 heteroatoms. The molecule has 0 spiro atoms. The van der Waals surface area contributed by atoms with Crippen LogP contribution in [0.25, 0.3) is 0 Å². The summed E-state index contributed by atoms with van der Waals surface area (Å²) >= 11 is 0. The molecule has 0 heterocycles. The maximum absolute atomic E-state index is 13.0. The van der Waals surface area contributed by atoms with E-state index in [0.717, 1.165) is 6.07 Å². The van der Waals surface area contributed by atoms with Gasteiger partial charge in [0.25, 0.3) is 0 Å². The molecule has 0 saturated heterocycles. The van der Waals surface area contributed by atoms with Gasteiger partial charge in [-0.1, -0.05) is 0 Å². The average molecular weight is 241 g/mol. The predicted molar refractivity (Wildman–Crippen MR) is 62.8 cm³/mol. The van der Waals surface area contributed by atoms with Crippen LogP contribution in [-0.2, 0) is 11.2 Å². The Hall–Kier alpha value is -1.29. The summed E-state index contributed by atoms with van der Waals surface area (Å²) in [4.78, 5) is 13.8. The molecule has 17 heavy (non-hydrogen) atoms. The fraction of sp³-hybridized carbons (Fsp3) is 0.462. The number of hydrogen-bond acceptors (Lipinski definition) is 2. The summed E-state index contributed by atoms with van der Waals surface area (Å²) in [6.45, 7) is 3.57. The van der Waals surface area contributed by atoms with Crippen molar-refractivity contribution in [3.63, 3.8) is 0 Å². The summed E-state index contributed by atoms with van der Waals surface area (Å²) in [6, 6.07) is 3.17. The second kappa shape index (κ2) is 4.92. The van der Waals surface area contributed by atoms with Crippen molar-refractivity contribution in [1.29, 1.82) is 0 Å². The number of ketones is 1. The lowest BCUT2D eigenvalue weighted by molar-refractivity contribution is -0.127. The van der Waals surface area contributed by atoms with Crippen LogP contribution in [0.3, 0.4) is 0 Å². The Labute approximate surface area is 100 Å². The monoisotopic (exact) mass is 241 g/mol. The number of carbonyl (C=O) groups excluding carboxylic acids is 1. The third-order valence-corrected chi connectivity index (χ3v) is 3.09. The molecule has 0 aliphatic rings. The first-order chi connectivity index (χ1) is 7.73. The largest absolute Gasteiger partial charge is 0.298 e. The minimum Gasteiger partial charge on any atom is -0.298 e. The lowest BCUT2D eigenvalue weighted by atomic mass is 9.92. The third-order valence-electron chi connectivity index (χ3n) is 3.09. The minimum absolute atomic E-state index is 0.0276. The van der Waals surface area contributed by atoms with Crippen molar-refractivity contribution in [2.75, 3.05) is 14.1 Å². The molecule has 1 rings (SSSR count). The molecule has 0 N–H and O–H groups in total. The van der Waals surface area contributed by atoms with Gasteiger partial charge in [-0.25, -0.2) is 8.78 Å². The zero-order valence-electron chi connectivity index (χ0n) is 10.6. The number of benzene rings is 1. The Kier molecular flexibility index (Phi) is 3.98. The smallest absolute Gasteiger partial charge is 0.156 e. The Morgan fingerprint density at radius 3 is 2.06 bits per heavy atom. The molecule has 0 aromatic heterocycles. The number of carbonyl (C=O) groups is 1. The van der Waals surface area contributed by atoms with Crippen LogP contribution in [-0.4, -0.2) is 30.3 Å². The molecule has 0 amide bonds. The van der Waals surface area contributed by atoms with Crippen LogP contribution in [0.15, 0.2) is 18.2 Å². The van der Waals surface area contributed by atoms with E-state index in [4.69, 9.17) is 0 Å². The van der Waals surface area contributed by atoms with Crippen LogP contribution >= 0.6 is 0 Å². The van der Waals surface area contributed by atoms with E-state index < -0.39 is 17.2 Å². The van der Waals surface area contributed by atoms with Crippen LogP contribution in [0.1, 0.15) is 19.4 Å². The molecule has 0 bridgehead atoms. The van der Waals surface area contributed by atoms with E-state index in [9.17, 15) is 13.6 Å². The van der Waals surface area contributed by atoms with Gasteiger partial charge >= 0.3 is 0 Å². The van der Waals surface area contributed by atoms with Crippen molar-refractivity contribution >= 4 is 5.78 Å². The maximum Gasteiger partial charge on any atom is 0.156 e. The van der Waals surface area contributed by atoms with Crippen LogP contribution < -0.4 is 0 Å². The summed E-state index contributed by atoms with van der Waals surface area (Å²) in [5.74, 6) is -1.39. The van der Waals surface area contributed by atoms with Gasteiger partial charge in [0.2, 0.25) is 0 Å². The van der Waals surface area contributed by atoms with Gasteiger partial charge < -0.3 is 0 Å². The SMILES string of the molecule is CN(C)C(C)(C)C(=O)Cc1cc(F)cc(F)c1. The summed E-state index contributed by atoms with van der Waals surface area (Å²) in [5, 5.41) is 0. The fourth-order valence-corrected chi connectivity index (χ4v) is 1.36. The van der Waals surface area contributed by atoms with E-state index in [0.29, 0.717) is 5.56 Å². The van der Waals surface area contributed by atoms with Gasteiger partial charge in [-0.3, -0.25) is 9.69 Å². The standard InChI is InChI=1S/C13H17F2NO/c1-13(2,16(3)4)12(17)7-9-5-10(14)8-11(15)6-9/h5-6,8H,7H2,1-4H3. The molecule has 0 aliphatic carbocycles. The second-order valence-corrected chi connectivity index (χ2v) is 4.83. The van der Waals surface area contributed by atoms with Gasteiger partial charge in [-0.05, 0) is 45.6 Å². The highest BCUT2D eigenvalue weighted by Crippen LogP contribution is 2.16. The Morgan fingerprint density at radius 1 is 1.18 bits per heavy atom. The molecule has 0 radical (unpaired) electrons. The molecule has 0 unspecified atom stereocenters. The van der Waals surface area contributed by atoms with E-state index in [2.05, 4.69) is 0 Å². The lowest BCUT2D eigenvalue weighted by Gasteiger charge is -2.30. The highest BCUT2D eigenvalue weighted by Gasteiger charge is 2.29. The molecule has 2 nitrogen and oxygen atoms in total. The van der Waals surface area contributed by atoms with Crippen molar-refractivity contribution in [2.45, 2.75) is 25.8 Å². The molecular weight excluding hydrogens is 224 g/mol. The highest BCUT2D eigenvalue weighted by atomic mass is 19.1. The first-order valence-electron chi connectivity index (χ1n) is 5.39. The molecule has 1 aromatic carbocycles. The highest BCUT2D eigenvalue weighted by molar-refractivity contribution is 5.89. The number of halogens is 2. The van der Waals surface area contributed by atoms with Crippen LogP contribution in [0.5, 0.6) is 0 Å². The van der Waals surface area contributed by atoms with E-state index in [1.807, 2.05) is 0 Å².